The van der Waals surface area contributed by atoms with Gasteiger partial charge < -0.3 is 29.0 Å². The number of benzene rings is 1. The summed E-state index contributed by atoms with van der Waals surface area (Å²) < 4.78 is 54.9. The highest BCUT2D eigenvalue weighted by molar-refractivity contribution is 6.33. The maximum absolute atomic E-state index is 13.2. The van der Waals surface area contributed by atoms with Gasteiger partial charge in [-0.15, -0.1) is 0 Å². The summed E-state index contributed by atoms with van der Waals surface area (Å²) in [7, 11) is 4.54. The number of fused-ring (bicyclic) bond motifs is 1. The molecule has 0 aliphatic carbocycles. The molecule has 182 valence electrons. The molecule has 0 spiro atoms. The minimum atomic E-state index is -4.52. The SMILES string of the molecule is COc1cc(OC)c2cc(C(=O)N3CCN(c4ncc(C(F)(F)F)cc4Cl)CC3)[nH]c2c1OC. The number of methoxy groups -OCH3 is 3. The smallest absolute Gasteiger partial charge is 0.417 e. The van der Waals surface area contributed by atoms with Gasteiger partial charge in [-0.3, -0.25) is 4.79 Å². The van der Waals surface area contributed by atoms with Crippen molar-refractivity contribution in [2.75, 3.05) is 52.4 Å². The Morgan fingerprint density at radius 2 is 1.71 bits per heavy atom. The lowest BCUT2D eigenvalue weighted by Crippen LogP contribution is -2.49. The van der Waals surface area contributed by atoms with E-state index >= 15 is 0 Å². The monoisotopic (exact) mass is 498 g/mol. The molecule has 0 bridgehead atoms. The highest BCUT2D eigenvalue weighted by Gasteiger charge is 2.33. The van der Waals surface area contributed by atoms with Crippen LogP contribution in [-0.2, 0) is 6.18 Å². The number of rotatable bonds is 5. The van der Waals surface area contributed by atoms with Gasteiger partial charge in [0, 0.05) is 43.8 Å². The molecule has 3 aromatic rings. The van der Waals surface area contributed by atoms with Gasteiger partial charge in [0.2, 0.25) is 0 Å². The fourth-order valence-corrected chi connectivity index (χ4v) is 4.25. The first-order valence-corrected chi connectivity index (χ1v) is 10.6. The molecule has 8 nitrogen and oxygen atoms in total. The summed E-state index contributed by atoms with van der Waals surface area (Å²) in [5, 5.41) is 0.584. The van der Waals surface area contributed by atoms with Crippen LogP contribution in [0.1, 0.15) is 16.1 Å². The van der Waals surface area contributed by atoms with Crippen LogP contribution in [0, 0.1) is 0 Å². The first-order chi connectivity index (χ1) is 16.2. The number of nitrogens with one attached hydrogen (secondary N) is 1. The second-order valence-corrected chi connectivity index (χ2v) is 8.00. The molecule has 1 fully saturated rings. The Bertz CT molecular complexity index is 1220. The summed E-state index contributed by atoms with van der Waals surface area (Å²) in [5.41, 5.74) is 0.0109. The van der Waals surface area contributed by atoms with Crippen LogP contribution < -0.4 is 19.1 Å². The van der Waals surface area contributed by atoms with Crippen molar-refractivity contribution in [2.45, 2.75) is 6.18 Å². The molecule has 2 aromatic heterocycles. The number of aromatic amines is 1. The minimum absolute atomic E-state index is 0.0849. The van der Waals surface area contributed by atoms with Crippen LogP contribution in [0.4, 0.5) is 19.0 Å². The van der Waals surface area contributed by atoms with E-state index < -0.39 is 11.7 Å². The number of carbonyl (C=O) groups is 1. The number of anilines is 1. The molecule has 0 unspecified atom stereocenters. The van der Waals surface area contributed by atoms with Gasteiger partial charge in [0.25, 0.3) is 5.91 Å². The molecule has 0 atom stereocenters. The number of aromatic nitrogens is 2. The number of alkyl halides is 3. The lowest BCUT2D eigenvalue weighted by molar-refractivity contribution is -0.137. The summed E-state index contributed by atoms with van der Waals surface area (Å²) in [4.78, 5) is 23.6. The van der Waals surface area contributed by atoms with E-state index in [0.717, 1.165) is 12.3 Å². The van der Waals surface area contributed by atoms with Gasteiger partial charge in [-0.25, -0.2) is 4.98 Å². The second kappa shape index (κ2) is 9.13. The van der Waals surface area contributed by atoms with E-state index in [2.05, 4.69) is 9.97 Å². The lowest BCUT2D eigenvalue weighted by Gasteiger charge is -2.35. The largest absolute Gasteiger partial charge is 0.496 e. The maximum Gasteiger partial charge on any atom is 0.417 e. The first-order valence-electron chi connectivity index (χ1n) is 10.3. The molecular weight excluding hydrogens is 477 g/mol. The molecule has 1 saturated heterocycles. The molecular formula is C22H22ClF3N4O4. The molecule has 3 heterocycles. The summed E-state index contributed by atoms with van der Waals surface area (Å²) in [6.45, 7) is 1.41. The quantitative estimate of drug-likeness (QED) is 0.567. The minimum Gasteiger partial charge on any atom is -0.496 e. The zero-order valence-electron chi connectivity index (χ0n) is 18.6. The average Bonchev–Trinajstić information content (AvgIpc) is 3.27. The van der Waals surface area contributed by atoms with Crippen molar-refractivity contribution in [3.8, 4) is 17.2 Å². The topological polar surface area (TPSA) is 79.9 Å². The molecule has 4 rings (SSSR count). The molecule has 1 amide bonds. The van der Waals surface area contributed by atoms with Gasteiger partial charge in [-0.2, -0.15) is 13.2 Å². The maximum atomic E-state index is 13.2. The third kappa shape index (κ3) is 4.27. The van der Waals surface area contributed by atoms with E-state index in [-0.39, 0.29) is 16.7 Å². The number of H-pyrrole nitrogens is 1. The zero-order valence-corrected chi connectivity index (χ0v) is 19.4. The number of hydrogen-bond donors (Lipinski definition) is 1. The molecule has 1 N–H and O–H groups in total. The Balaban J connectivity index is 1.53. The second-order valence-electron chi connectivity index (χ2n) is 7.59. The van der Waals surface area contributed by atoms with E-state index in [1.165, 1.54) is 21.3 Å². The van der Waals surface area contributed by atoms with Crippen LogP contribution in [0.3, 0.4) is 0 Å². The van der Waals surface area contributed by atoms with Crippen LogP contribution in [0.5, 0.6) is 17.2 Å². The van der Waals surface area contributed by atoms with E-state index in [4.69, 9.17) is 25.8 Å². The normalized spacial score (nSPS) is 14.4. The van der Waals surface area contributed by atoms with Gasteiger partial charge in [-0.1, -0.05) is 11.6 Å². The van der Waals surface area contributed by atoms with Gasteiger partial charge in [0.15, 0.2) is 11.5 Å². The van der Waals surface area contributed by atoms with E-state index in [1.54, 1.807) is 21.9 Å². The van der Waals surface area contributed by atoms with Crippen LogP contribution >= 0.6 is 11.6 Å². The van der Waals surface area contributed by atoms with E-state index in [9.17, 15) is 18.0 Å². The predicted octanol–water partition coefficient (Wildman–Crippen LogP) is 4.22. The van der Waals surface area contributed by atoms with Crippen molar-refractivity contribution in [3.63, 3.8) is 0 Å². The van der Waals surface area contributed by atoms with Crippen molar-refractivity contribution in [3.05, 3.63) is 40.7 Å². The molecule has 1 aliphatic heterocycles. The number of halogens is 4. The molecule has 0 radical (unpaired) electrons. The fourth-order valence-electron chi connectivity index (χ4n) is 3.96. The van der Waals surface area contributed by atoms with Crippen molar-refractivity contribution >= 4 is 34.2 Å². The summed E-state index contributed by atoms with van der Waals surface area (Å²) in [5.74, 6) is 1.46. The Morgan fingerprint density at radius 3 is 2.26 bits per heavy atom. The third-order valence-electron chi connectivity index (χ3n) is 5.69. The van der Waals surface area contributed by atoms with Crippen molar-refractivity contribution in [2.24, 2.45) is 0 Å². The zero-order chi connectivity index (χ0) is 24.6. The van der Waals surface area contributed by atoms with Crippen LogP contribution in [-0.4, -0.2) is 68.3 Å². The Morgan fingerprint density at radius 1 is 1.03 bits per heavy atom. The molecule has 1 aliphatic rings. The number of nitrogens with zero attached hydrogens (tertiary/aromatic N) is 3. The van der Waals surface area contributed by atoms with Crippen LogP contribution in [0.2, 0.25) is 5.02 Å². The summed E-state index contributed by atoms with van der Waals surface area (Å²) in [6, 6.07) is 4.24. The molecule has 1 aromatic carbocycles. The van der Waals surface area contributed by atoms with E-state index in [0.29, 0.717) is 60.0 Å². The number of amides is 1. The van der Waals surface area contributed by atoms with Crippen LogP contribution in [0.25, 0.3) is 10.9 Å². The van der Waals surface area contributed by atoms with Crippen LogP contribution in [0.15, 0.2) is 24.4 Å². The Labute approximate surface area is 198 Å². The van der Waals surface area contributed by atoms with Crippen molar-refractivity contribution < 1.29 is 32.2 Å². The fraction of sp³-hybridized carbons (Fsp3) is 0.364. The number of carbonyl (C=O) groups excluding carboxylic acids is 1. The number of piperazine rings is 1. The standard InChI is InChI=1S/C22H22ClF3N4O4/c1-32-16-10-17(33-2)19(34-3)18-13(16)9-15(28-18)21(31)30-6-4-29(5-7-30)20-14(23)8-12(11-27-20)22(24,25)26/h8-11,28H,4-7H2,1-3H3. The molecule has 34 heavy (non-hydrogen) atoms. The number of ether oxygens (including phenoxy) is 3. The first kappa shape index (κ1) is 23.8. The predicted molar refractivity (Wildman–Crippen MR) is 120 cm³/mol. The van der Waals surface area contributed by atoms with E-state index in [1.807, 2.05) is 0 Å². The van der Waals surface area contributed by atoms with Gasteiger partial charge >= 0.3 is 6.18 Å². The Kier molecular flexibility index (Phi) is 6.39. The van der Waals surface area contributed by atoms with Gasteiger partial charge in [0.05, 0.1) is 37.4 Å². The van der Waals surface area contributed by atoms with Gasteiger partial charge in [0.1, 0.15) is 17.3 Å². The highest BCUT2D eigenvalue weighted by atomic mass is 35.5. The third-order valence-corrected chi connectivity index (χ3v) is 5.96. The summed E-state index contributed by atoms with van der Waals surface area (Å²) >= 11 is 6.07. The lowest BCUT2D eigenvalue weighted by atomic mass is 10.2. The van der Waals surface area contributed by atoms with Gasteiger partial charge in [-0.05, 0) is 12.1 Å². The summed E-state index contributed by atoms with van der Waals surface area (Å²) in [6.07, 6.45) is -3.76. The Hall–Kier alpha value is -3.34. The van der Waals surface area contributed by atoms with Crippen molar-refractivity contribution in [1.29, 1.82) is 0 Å². The number of pyridine rings is 1. The number of hydrogen-bond acceptors (Lipinski definition) is 6. The molecule has 0 saturated carbocycles. The van der Waals surface area contributed by atoms with Crippen molar-refractivity contribution in [1.82, 2.24) is 14.9 Å². The highest BCUT2D eigenvalue weighted by Crippen LogP contribution is 2.41. The average molecular weight is 499 g/mol. The molecule has 12 heteroatoms.